The minimum absolute atomic E-state index is 0.0214. The molecule has 5 heterocycles. The van der Waals surface area contributed by atoms with Crippen LogP contribution in [0, 0.1) is 24.0 Å². The van der Waals surface area contributed by atoms with Crippen LogP contribution in [0.2, 0.25) is 0 Å². The van der Waals surface area contributed by atoms with Gasteiger partial charge in [0, 0.05) is 62.0 Å². The monoisotopic (exact) mass is 635 g/mol. The molecule has 4 aromatic rings. The lowest BCUT2D eigenvalue weighted by Gasteiger charge is -2.39. The lowest BCUT2D eigenvalue weighted by atomic mass is 9.93. The maximum atomic E-state index is 16.9. The van der Waals surface area contributed by atoms with E-state index in [0.29, 0.717) is 48.9 Å². The maximum Gasteiger partial charge on any atom is 0.416 e. The van der Waals surface area contributed by atoms with Crippen LogP contribution >= 0.6 is 0 Å². The number of nitrogens with one attached hydrogen (secondary N) is 1. The third kappa shape index (κ3) is 5.29. The Morgan fingerprint density at radius 3 is 2.50 bits per heavy atom. The second-order valence-electron chi connectivity index (χ2n) is 12.7. The van der Waals surface area contributed by atoms with E-state index in [1.165, 1.54) is 12.3 Å². The zero-order valence-corrected chi connectivity index (χ0v) is 25.6. The van der Waals surface area contributed by atoms with Gasteiger partial charge in [-0.3, -0.25) is 9.88 Å². The minimum Gasteiger partial charge on any atom is -0.357 e. The number of alkyl halides is 3. The van der Waals surface area contributed by atoms with Gasteiger partial charge in [0.15, 0.2) is 5.82 Å². The van der Waals surface area contributed by atoms with E-state index in [-0.39, 0.29) is 33.5 Å². The Hall–Kier alpha value is -4.08. The molecule has 7 nitrogen and oxygen atoms in total. The van der Waals surface area contributed by atoms with Crippen molar-refractivity contribution in [2.24, 2.45) is 0 Å². The van der Waals surface area contributed by atoms with Gasteiger partial charge < -0.3 is 15.1 Å². The van der Waals surface area contributed by atoms with Gasteiger partial charge in [0.2, 0.25) is 5.95 Å². The summed E-state index contributed by atoms with van der Waals surface area (Å²) in [5, 5.41) is 3.87. The quantitative estimate of drug-likeness (QED) is 0.214. The smallest absolute Gasteiger partial charge is 0.357 e. The van der Waals surface area contributed by atoms with E-state index in [4.69, 9.17) is 16.4 Å². The fourth-order valence-electron chi connectivity index (χ4n) is 7.36. The highest BCUT2D eigenvalue weighted by Gasteiger charge is 2.39. The second-order valence-corrected chi connectivity index (χ2v) is 12.7. The number of hydrogen-bond acceptors (Lipinski definition) is 7. The zero-order valence-electron chi connectivity index (χ0n) is 25.6. The first-order chi connectivity index (χ1) is 22.0. The number of benzene rings is 2. The highest BCUT2D eigenvalue weighted by Crippen LogP contribution is 2.41. The minimum atomic E-state index is -4.75. The number of nitrogens with zero attached hydrogens (tertiary/aromatic N) is 6. The average Bonchev–Trinajstić information content (AvgIpc) is 3.23. The first kappa shape index (κ1) is 30.6. The van der Waals surface area contributed by atoms with Gasteiger partial charge in [-0.05, 0) is 62.9 Å². The molecule has 3 aliphatic rings. The average molecular weight is 636 g/mol. The Morgan fingerprint density at radius 2 is 1.83 bits per heavy atom. The van der Waals surface area contributed by atoms with Crippen molar-refractivity contribution in [3.05, 3.63) is 53.2 Å². The molecule has 3 atom stereocenters. The number of terminal acetylenes is 1. The highest BCUT2D eigenvalue weighted by atomic mass is 19.4. The van der Waals surface area contributed by atoms with E-state index in [9.17, 15) is 17.6 Å². The summed E-state index contributed by atoms with van der Waals surface area (Å²) >= 11 is 0. The van der Waals surface area contributed by atoms with Crippen LogP contribution in [0.1, 0.15) is 43.2 Å². The number of aromatic nitrogens is 3. The first-order valence-electron chi connectivity index (χ1n) is 15.6. The fourth-order valence-corrected chi connectivity index (χ4v) is 7.36. The summed E-state index contributed by atoms with van der Waals surface area (Å²) in [4.78, 5) is 20.4. The van der Waals surface area contributed by atoms with Gasteiger partial charge in [-0.1, -0.05) is 18.4 Å². The number of anilines is 2. The molecule has 0 radical (unpaired) electrons. The molecule has 0 aliphatic carbocycles. The van der Waals surface area contributed by atoms with Gasteiger partial charge in [-0.25, -0.2) is 13.8 Å². The summed E-state index contributed by atoms with van der Waals surface area (Å²) < 4.78 is 73.9. The summed E-state index contributed by atoms with van der Waals surface area (Å²) in [6, 6.07) is 4.73. The van der Waals surface area contributed by atoms with Crippen molar-refractivity contribution in [2.75, 3.05) is 50.1 Å². The molecule has 0 amide bonds. The summed E-state index contributed by atoms with van der Waals surface area (Å²) in [5.41, 5.74) is -2.00. The molecule has 3 fully saturated rings. The van der Waals surface area contributed by atoms with Gasteiger partial charge in [-0.2, -0.15) is 18.2 Å². The fraction of sp³-hybridized carbons (Fsp3) is 0.441. The third-order valence-electron chi connectivity index (χ3n) is 9.84. The van der Waals surface area contributed by atoms with Crippen molar-refractivity contribution in [3.63, 3.8) is 0 Å². The SMILES string of the molecule is C#Cc1c(F)ccc2cc(C(F)(F)F)cc(-c3ncc4c(N(C)C[C@H]5CCCCN5)nc(N5CC6CCC(C5)N6C)nc4c3F)c12. The molecular formula is C34H34F5N7. The molecular weight excluding hydrogens is 601 g/mol. The molecule has 240 valence electrons. The number of hydrogen-bond donors (Lipinski definition) is 1. The topological polar surface area (TPSA) is 60.4 Å². The van der Waals surface area contributed by atoms with E-state index >= 15 is 4.39 Å². The van der Waals surface area contributed by atoms with Crippen LogP contribution in [-0.4, -0.2) is 78.3 Å². The summed E-state index contributed by atoms with van der Waals surface area (Å²) in [6.07, 6.45) is 7.57. The molecule has 2 bridgehead atoms. The number of pyridine rings is 1. The molecule has 7 rings (SSSR count). The molecule has 0 saturated carbocycles. The number of halogens is 5. The number of piperazine rings is 1. The lowest BCUT2D eigenvalue weighted by Crippen LogP contribution is -2.52. The Bertz CT molecular complexity index is 1850. The van der Waals surface area contributed by atoms with E-state index in [0.717, 1.165) is 56.8 Å². The van der Waals surface area contributed by atoms with Gasteiger partial charge in [0.05, 0.1) is 16.5 Å². The van der Waals surface area contributed by atoms with Crippen molar-refractivity contribution in [1.82, 2.24) is 25.2 Å². The van der Waals surface area contributed by atoms with Crippen LogP contribution in [0.25, 0.3) is 32.9 Å². The third-order valence-corrected chi connectivity index (χ3v) is 9.84. The second kappa shape index (κ2) is 11.6. The molecule has 2 unspecified atom stereocenters. The lowest BCUT2D eigenvalue weighted by molar-refractivity contribution is -0.137. The first-order valence-corrected chi connectivity index (χ1v) is 15.6. The van der Waals surface area contributed by atoms with E-state index in [2.05, 4.69) is 33.1 Å². The van der Waals surface area contributed by atoms with Crippen LogP contribution in [-0.2, 0) is 6.18 Å². The molecule has 1 N–H and O–H groups in total. The van der Waals surface area contributed by atoms with Crippen molar-refractivity contribution >= 4 is 33.4 Å². The number of fused-ring (bicyclic) bond motifs is 4. The van der Waals surface area contributed by atoms with Crippen molar-refractivity contribution in [1.29, 1.82) is 0 Å². The number of piperidine rings is 1. The molecule has 12 heteroatoms. The predicted molar refractivity (Wildman–Crippen MR) is 169 cm³/mol. The summed E-state index contributed by atoms with van der Waals surface area (Å²) in [5.74, 6) is 1.37. The Labute approximate surface area is 263 Å². The zero-order chi connectivity index (χ0) is 32.3. The molecule has 46 heavy (non-hydrogen) atoms. The number of likely N-dealkylation sites (N-methyl/N-ethyl adjacent to an activating group) is 2. The van der Waals surface area contributed by atoms with Gasteiger partial charge >= 0.3 is 6.18 Å². The Kier molecular flexibility index (Phi) is 7.72. The van der Waals surface area contributed by atoms with Crippen LogP contribution in [0.15, 0.2) is 30.5 Å². The largest absolute Gasteiger partial charge is 0.416 e. The molecule has 2 aromatic carbocycles. The van der Waals surface area contributed by atoms with E-state index in [1.807, 2.05) is 11.9 Å². The van der Waals surface area contributed by atoms with E-state index < -0.39 is 29.1 Å². The Balaban J connectivity index is 1.43. The van der Waals surface area contributed by atoms with Gasteiger partial charge in [0.25, 0.3) is 0 Å². The van der Waals surface area contributed by atoms with Crippen molar-refractivity contribution in [3.8, 4) is 23.6 Å². The van der Waals surface area contributed by atoms with Crippen LogP contribution in [0.5, 0.6) is 0 Å². The molecule has 3 aliphatic heterocycles. The van der Waals surface area contributed by atoms with Gasteiger partial charge in [-0.15, -0.1) is 6.42 Å². The summed E-state index contributed by atoms with van der Waals surface area (Å²) in [6.45, 7) is 2.89. The van der Waals surface area contributed by atoms with Crippen molar-refractivity contribution in [2.45, 2.75) is 56.4 Å². The predicted octanol–water partition coefficient (Wildman–Crippen LogP) is 5.98. The van der Waals surface area contributed by atoms with Crippen LogP contribution in [0.4, 0.5) is 33.7 Å². The van der Waals surface area contributed by atoms with E-state index in [1.54, 1.807) is 0 Å². The standard InChI is InChI=1S/C34H34F5N7/c1-4-24-27(35)11-8-19-13-20(34(37,38)39)14-25(28(19)24)30-29(36)31-26(15-41-30)32(44(2)16-21-7-5-6-12-40-21)43-33(42-31)46-17-22-9-10-23(18-46)45(22)3/h1,8,11,13-15,21-23,40H,5-7,9-10,12,16-18H2,2-3H3/t21-,22?,23?/m1/s1. The molecule has 2 aromatic heterocycles. The molecule has 0 spiro atoms. The van der Waals surface area contributed by atoms with Crippen LogP contribution < -0.4 is 15.1 Å². The normalized spacial score (nSPS) is 22.0. The highest BCUT2D eigenvalue weighted by molar-refractivity contribution is 6.02. The van der Waals surface area contributed by atoms with Crippen molar-refractivity contribution < 1.29 is 22.0 Å². The maximum absolute atomic E-state index is 16.9. The van der Waals surface area contributed by atoms with Gasteiger partial charge in [0.1, 0.15) is 22.8 Å². The Morgan fingerprint density at radius 1 is 1.07 bits per heavy atom. The molecule has 3 saturated heterocycles. The number of rotatable bonds is 5. The van der Waals surface area contributed by atoms with Crippen LogP contribution in [0.3, 0.4) is 0 Å². The summed E-state index contributed by atoms with van der Waals surface area (Å²) in [7, 11) is 4.01.